The highest BCUT2D eigenvalue weighted by atomic mass is 35.5. The lowest BCUT2D eigenvalue weighted by Gasteiger charge is -2.28. The quantitative estimate of drug-likeness (QED) is 0.897. The van der Waals surface area contributed by atoms with Crippen LogP contribution in [0.2, 0.25) is 10.0 Å². The molecule has 1 aromatic carbocycles. The fraction of sp³-hybridized carbons (Fsp3) is 0.500. The third-order valence-electron chi connectivity index (χ3n) is 3.34. The number of ether oxygens (including phenoxy) is 1. The van der Waals surface area contributed by atoms with Gasteiger partial charge in [0.25, 0.3) is 5.91 Å². The molecule has 0 unspecified atom stereocenters. The Bertz CT molecular complexity index is 481. The molecule has 2 N–H and O–H groups in total. The van der Waals surface area contributed by atoms with Gasteiger partial charge in [-0.25, -0.2) is 0 Å². The zero-order chi connectivity index (χ0) is 14.5. The van der Waals surface area contributed by atoms with Crippen molar-refractivity contribution in [2.24, 2.45) is 0 Å². The number of aliphatic hydroxyl groups excluding tert-OH is 1. The summed E-state index contributed by atoms with van der Waals surface area (Å²) in [5, 5.41) is 13.4. The van der Waals surface area contributed by atoms with Crippen molar-refractivity contribution >= 4 is 29.1 Å². The predicted molar refractivity (Wildman–Crippen MR) is 78.4 cm³/mol. The van der Waals surface area contributed by atoms with Crippen molar-refractivity contribution in [3.8, 4) is 5.75 Å². The minimum atomic E-state index is -0.460. The maximum absolute atomic E-state index is 11.8. The molecule has 1 aliphatic carbocycles. The Kier molecular flexibility index (Phi) is 5.52. The lowest BCUT2D eigenvalue weighted by molar-refractivity contribution is -0.125. The molecule has 1 amide bonds. The van der Waals surface area contributed by atoms with Crippen molar-refractivity contribution in [3.63, 3.8) is 0 Å². The second-order valence-electron chi connectivity index (χ2n) is 4.89. The third-order valence-corrected chi connectivity index (χ3v) is 4.08. The number of hydrogen-bond donors (Lipinski definition) is 2. The standard InChI is InChI=1S/C14H17Cl2NO3/c15-10-6-5-9(7-11(10)16)20-8-14(19)17-12-3-1-2-4-13(12)18/h5-7,12-13,18H,1-4,8H2,(H,17,19)/t12-,13-/m1/s1. The average molecular weight is 318 g/mol. The minimum Gasteiger partial charge on any atom is -0.484 e. The van der Waals surface area contributed by atoms with Gasteiger partial charge >= 0.3 is 0 Å². The molecule has 0 aromatic heterocycles. The van der Waals surface area contributed by atoms with Crippen LogP contribution in [0.1, 0.15) is 25.7 Å². The second kappa shape index (κ2) is 7.16. The van der Waals surface area contributed by atoms with Gasteiger partial charge in [-0.15, -0.1) is 0 Å². The summed E-state index contributed by atoms with van der Waals surface area (Å²) >= 11 is 11.7. The average Bonchev–Trinajstić information content (AvgIpc) is 2.43. The maximum Gasteiger partial charge on any atom is 0.258 e. The van der Waals surface area contributed by atoms with E-state index in [1.165, 1.54) is 0 Å². The van der Waals surface area contributed by atoms with E-state index in [1.54, 1.807) is 18.2 Å². The number of carbonyl (C=O) groups excluding carboxylic acids is 1. The fourth-order valence-electron chi connectivity index (χ4n) is 2.24. The van der Waals surface area contributed by atoms with Crippen LogP contribution in [0, 0.1) is 0 Å². The molecule has 0 heterocycles. The van der Waals surface area contributed by atoms with Crippen LogP contribution in [-0.2, 0) is 4.79 Å². The van der Waals surface area contributed by atoms with Crippen LogP contribution in [0.5, 0.6) is 5.75 Å². The van der Waals surface area contributed by atoms with Crippen LogP contribution in [-0.4, -0.2) is 29.8 Å². The molecule has 110 valence electrons. The Labute approximate surface area is 128 Å². The SMILES string of the molecule is O=C(COc1ccc(Cl)c(Cl)c1)N[C@@H]1CCCC[C@H]1O. The zero-order valence-corrected chi connectivity index (χ0v) is 12.5. The summed E-state index contributed by atoms with van der Waals surface area (Å²) in [4.78, 5) is 11.8. The Morgan fingerprint density at radius 3 is 2.75 bits per heavy atom. The molecule has 0 radical (unpaired) electrons. The molecular weight excluding hydrogens is 301 g/mol. The van der Waals surface area contributed by atoms with Crippen molar-refractivity contribution in [1.29, 1.82) is 0 Å². The van der Waals surface area contributed by atoms with E-state index in [0.717, 1.165) is 25.7 Å². The van der Waals surface area contributed by atoms with Gasteiger partial charge in [0.2, 0.25) is 0 Å². The van der Waals surface area contributed by atoms with E-state index < -0.39 is 6.10 Å². The summed E-state index contributed by atoms with van der Waals surface area (Å²) in [5.74, 6) is 0.237. The molecule has 0 aliphatic heterocycles. The topological polar surface area (TPSA) is 58.6 Å². The summed E-state index contributed by atoms with van der Waals surface area (Å²) in [5.41, 5.74) is 0. The number of hydrogen-bond acceptors (Lipinski definition) is 3. The van der Waals surface area contributed by atoms with Crippen LogP contribution in [0.15, 0.2) is 18.2 Å². The number of halogens is 2. The highest BCUT2D eigenvalue weighted by Gasteiger charge is 2.24. The number of aliphatic hydroxyl groups is 1. The number of carbonyl (C=O) groups is 1. The summed E-state index contributed by atoms with van der Waals surface area (Å²) in [6, 6.07) is 4.65. The van der Waals surface area contributed by atoms with E-state index in [-0.39, 0.29) is 18.6 Å². The highest BCUT2D eigenvalue weighted by Crippen LogP contribution is 2.26. The van der Waals surface area contributed by atoms with Crippen molar-refractivity contribution in [2.45, 2.75) is 37.8 Å². The van der Waals surface area contributed by atoms with E-state index in [1.807, 2.05) is 0 Å². The number of benzene rings is 1. The summed E-state index contributed by atoms with van der Waals surface area (Å²) in [7, 11) is 0. The fourth-order valence-corrected chi connectivity index (χ4v) is 2.53. The number of amides is 1. The van der Waals surface area contributed by atoms with E-state index >= 15 is 0 Å². The first-order chi connectivity index (χ1) is 9.56. The lowest BCUT2D eigenvalue weighted by atomic mass is 9.92. The Morgan fingerprint density at radius 2 is 2.05 bits per heavy atom. The Balaban J connectivity index is 1.81. The molecule has 2 atom stereocenters. The van der Waals surface area contributed by atoms with Gasteiger partial charge in [-0.3, -0.25) is 4.79 Å². The smallest absolute Gasteiger partial charge is 0.258 e. The van der Waals surface area contributed by atoms with E-state index in [9.17, 15) is 9.90 Å². The molecule has 0 bridgehead atoms. The molecule has 2 rings (SSSR count). The van der Waals surface area contributed by atoms with Crippen LogP contribution >= 0.6 is 23.2 Å². The Hall–Kier alpha value is -0.970. The van der Waals surface area contributed by atoms with E-state index in [0.29, 0.717) is 15.8 Å². The molecule has 1 saturated carbocycles. The van der Waals surface area contributed by atoms with Gasteiger partial charge in [0, 0.05) is 6.07 Å². The zero-order valence-electron chi connectivity index (χ0n) is 10.9. The molecule has 1 aromatic rings. The summed E-state index contributed by atoms with van der Waals surface area (Å²) in [6.45, 7) is -0.110. The molecule has 1 fully saturated rings. The van der Waals surface area contributed by atoms with Gasteiger partial charge in [-0.05, 0) is 25.0 Å². The van der Waals surface area contributed by atoms with Gasteiger partial charge in [-0.1, -0.05) is 36.0 Å². The van der Waals surface area contributed by atoms with Crippen LogP contribution in [0.3, 0.4) is 0 Å². The summed E-state index contributed by atoms with van der Waals surface area (Å²) in [6.07, 6.45) is 3.11. The van der Waals surface area contributed by atoms with Gasteiger partial charge in [0.15, 0.2) is 6.61 Å². The monoisotopic (exact) mass is 317 g/mol. The van der Waals surface area contributed by atoms with Gasteiger partial charge < -0.3 is 15.2 Å². The van der Waals surface area contributed by atoms with E-state index in [4.69, 9.17) is 27.9 Å². The molecule has 1 aliphatic rings. The summed E-state index contributed by atoms with van der Waals surface area (Å²) < 4.78 is 5.34. The first kappa shape index (κ1) is 15.4. The molecule has 6 heteroatoms. The number of nitrogens with one attached hydrogen (secondary N) is 1. The van der Waals surface area contributed by atoms with Crippen LogP contribution in [0.4, 0.5) is 0 Å². The highest BCUT2D eigenvalue weighted by molar-refractivity contribution is 6.42. The molecule has 4 nitrogen and oxygen atoms in total. The lowest BCUT2D eigenvalue weighted by Crippen LogP contribution is -2.46. The first-order valence-electron chi connectivity index (χ1n) is 6.61. The van der Waals surface area contributed by atoms with Gasteiger partial charge in [0.05, 0.1) is 22.2 Å². The second-order valence-corrected chi connectivity index (χ2v) is 5.70. The van der Waals surface area contributed by atoms with Gasteiger partial charge in [0.1, 0.15) is 5.75 Å². The number of rotatable bonds is 4. The van der Waals surface area contributed by atoms with Crippen LogP contribution in [0.25, 0.3) is 0 Å². The predicted octanol–water partition coefficient (Wildman–Crippen LogP) is 2.79. The molecule has 0 spiro atoms. The molecular formula is C14H17Cl2NO3. The first-order valence-corrected chi connectivity index (χ1v) is 7.37. The van der Waals surface area contributed by atoms with Gasteiger partial charge in [-0.2, -0.15) is 0 Å². The normalized spacial score (nSPS) is 22.4. The van der Waals surface area contributed by atoms with Crippen molar-refractivity contribution in [3.05, 3.63) is 28.2 Å². The van der Waals surface area contributed by atoms with Crippen LogP contribution < -0.4 is 10.1 Å². The van der Waals surface area contributed by atoms with Crippen molar-refractivity contribution < 1.29 is 14.6 Å². The molecule has 0 saturated heterocycles. The third kappa shape index (κ3) is 4.27. The maximum atomic E-state index is 11.8. The molecule has 20 heavy (non-hydrogen) atoms. The largest absolute Gasteiger partial charge is 0.484 e. The van der Waals surface area contributed by atoms with Crippen molar-refractivity contribution in [1.82, 2.24) is 5.32 Å². The minimum absolute atomic E-state index is 0.110. The Morgan fingerprint density at radius 1 is 1.30 bits per heavy atom. The van der Waals surface area contributed by atoms with Crippen molar-refractivity contribution in [2.75, 3.05) is 6.61 Å². The van der Waals surface area contributed by atoms with E-state index in [2.05, 4.69) is 5.32 Å².